The topological polar surface area (TPSA) is 42.4 Å². The lowest BCUT2D eigenvalue weighted by Gasteiger charge is -2.26. The number of hydrogen-bond donors (Lipinski definition) is 0. The first-order valence-electron chi connectivity index (χ1n) is 19.3. The molecule has 12 aromatic rings. The van der Waals surface area contributed by atoms with Crippen LogP contribution in [0.15, 0.2) is 203 Å². The summed E-state index contributed by atoms with van der Waals surface area (Å²) in [4.78, 5) is 7.02. The van der Waals surface area contributed by atoms with Gasteiger partial charge in [-0.3, -0.25) is 4.98 Å². The average molecular weight is 729 g/mol. The zero-order valence-corrected chi connectivity index (χ0v) is 30.7. The number of rotatable bonds is 5. The summed E-state index contributed by atoms with van der Waals surface area (Å²) < 4.78 is 12.8. The van der Waals surface area contributed by atoms with Gasteiger partial charge in [0.2, 0.25) is 0 Å². The van der Waals surface area contributed by atoms with Gasteiger partial charge in [-0.25, -0.2) is 0 Å². The predicted octanol–water partition coefficient (Wildman–Crippen LogP) is 15.1. The van der Waals surface area contributed by atoms with Crippen molar-refractivity contribution in [3.05, 3.63) is 194 Å². The van der Waals surface area contributed by atoms with E-state index in [2.05, 4.69) is 162 Å². The molecule has 57 heavy (non-hydrogen) atoms. The van der Waals surface area contributed by atoms with Crippen LogP contribution < -0.4 is 4.90 Å². The van der Waals surface area contributed by atoms with Crippen LogP contribution in [0.2, 0.25) is 0 Å². The van der Waals surface area contributed by atoms with Gasteiger partial charge < -0.3 is 13.7 Å². The number of pyridine rings is 1. The molecule has 0 aliphatic heterocycles. The molecule has 4 heteroatoms. The fourth-order valence-electron chi connectivity index (χ4n) is 8.61. The number of anilines is 3. The Labute approximate surface area is 327 Å². The molecule has 3 heterocycles. The Balaban J connectivity index is 0.957. The number of fused-ring (bicyclic) bond motifs is 11. The standard InChI is InChI=1S/C53H32N2O2/c1-4-10-49-38(7-1)29-39(32-54-49)35-15-13-33(14-16-35)34-17-21-40(22-18-34)55(41-23-27-43-36(30-41)19-25-47-45-8-2-5-11-50(45)56-52(43)47)42-24-28-44-37(31-42)20-26-48-46-9-3-6-12-51(46)57-53(44)48/h1-32H. The molecule has 0 N–H and O–H groups in total. The molecule has 0 amide bonds. The molecule has 0 unspecified atom stereocenters. The van der Waals surface area contributed by atoms with Gasteiger partial charge in [0.1, 0.15) is 22.3 Å². The Morgan fingerprint density at radius 1 is 0.333 bits per heavy atom. The maximum absolute atomic E-state index is 6.42. The zero-order chi connectivity index (χ0) is 37.5. The van der Waals surface area contributed by atoms with E-state index in [4.69, 9.17) is 8.83 Å². The third kappa shape index (κ3) is 5.12. The normalized spacial score (nSPS) is 11.9. The van der Waals surface area contributed by atoms with Gasteiger partial charge in [-0.2, -0.15) is 0 Å². The molecule has 0 aliphatic carbocycles. The minimum Gasteiger partial charge on any atom is -0.455 e. The highest BCUT2D eigenvalue weighted by Gasteiger charge is 2.18. The first kappa shape index (κ1) is 31.6. The lowest BCUT2D eigenvalue weighted by Crippen LogP contribution is -2.10. The fourth-order valence-corrected chi connectivity index (χ4v) is 8.61. The molecule has 0 bridgehead atoms. The van der Waals surface area contributed by atoms with Crippen molar-refractivity contribution in [3.63, 3.8) is 0 Å². The number of benzene rings is 9. The molecule has 0 aliphatic rings. The summed E-state index contributed by atoms with van der Waals surface area (Å²) in [5.74, 6) is 0. The average Bonchev–Trinajstić information content (AvgIpc) is 3.86. The predicted molar refractivity (Wildman–Crippen MR) is 237 cm³/mol. The van der Waals surface area contributed by atoms with Crippen molar-refractivity contribution in [3.8, 4) is 22.3 Å². The Hall–Kier alpha value is -7.69. The third-order valence-corrected chi connectivity index (χ3v) is 11.5. The molecule has 0 fully saturated rings. The van der Waals surface area contributed by atoms with Crippen molar-refractivity contribution in [1.82, 2.24) is 4.98 Å². The van der Waals surface area contributed by atoms with Gasteiger partial charge in [-0.1, -0.05) is 103 Å². The molecular formula is C53H32N2O2. The second-order valence-corrected chi connectivity index (χ2v) is 14.8. The van der Waals surface area contributed by atoms with Crippen LogP contribution in [0.5, 0.6) is 0 Å². The van der Waals surface area contributed by atoms with Crippen LogP contribution in [0.4, 0.5) is 17.1 Å². The van der Waals surface area contributed by atoms with Crippen LogP contribution in [-0.2, 0) is 0 Å². The van der Waals surface area contributed by atoms with Crippen molar-refractivity contribution in [1.29, 1.82) is 0 Å². The molecule has 0 atom stereocenters. The summed E-state index contributed by atoms with van der Waals surface area (Å²) in [5.41, 5.74) is 12.4. The van der Waals surface area contributed by atoms with E-state index >= 15 is 0 Å². The van der Waals surface area contributed by atoms with E-state index in [9.17, 15) is 0 Å². The Morgan fingerprint density at radius 3 is 1.40 bits per heavy atom. The number of para-hydroxylation sites is 3. The van der Waals surface area contributed by atoms with Crippen molar-refractivity contribution in [2.45, 2.75) is 0 Å². The summed E-state index contributed by atoms with van der Waals surface area (Å²) in [7, 11) is 0. The molecule has 0 saturated carbocycles. The van der Waals surface area contributed by atoms with Gasteiger partial charge in [0.05, 0.1) is 5.52 Å². The fraction of sp³-hybridized carbons (Fsp3) is 0. The van der Waals surface area contributed by atoms with Crippen molar-refractivity contribution >= 4 is 93.4 Å². The van der Waals surface area contributed by atoms with Crippen molar-refractivity contribution in [2.75, 3.05) is 4.90 Å². The Morgan fingerprint density at radius 2 is 0.807 bits per heavy atom. The van der Waals surface area contributed by atoms with Crippen LogP contribution in [0.3, 0.4) is 0 Å². The van der Waals surface area contributed by atoms with E-state index in [1.165, 1.54) is 0 Å². The summed E-state index contributed by atoms with van der Waals surface area (Å²) >= 11 is 0. The maximum Gasteiger partial charge on any atom is 0.143 e. The molecule has 266 valence electrons. The maximum atomic E-state index is 6.42. The Kier molecular flexibility index (Phi) is 6.89. The highest BCUT2D eigenvalue weighted by molar-refractivity contribution is 6.17. The lowest BCUT2D eigenvalue weighted by molar-refractivity contribution is 0.672. The van der Waals surface area contributed by atoms with Crippen LogP contribution in [0.25, 0.3) is 98.6 Å². The van der Waals surface area contributed by atoms with E-state index in [0.717, 1.165) is 116 Å². The number of hydrogen-bond acceptors (Lipinski definition) is 4. The molecule has 3 aromatic heterocycles. The SMILES string of the molecule is c1ccc2ncc(-c3ccc(-c4ccc(N(c5ccc6c(ccc7c8ccccc8oc67)c5)c5ccc6c(ccc7c8ccccc8oc67)c5)cc4)cc3)cc2c1. The molecule has 4 nitrogen and oxygen atoms in total. The summed E-state index contributed by atoms with van der Waals surface area (Å²) in [6, 6.07) is 66.7. The quantitative estimate of drug-likeness (QED) is 0.177. The summed E-state index contributed by atoms with van der Waals surface area (Å²) in [6.07, 6.45) is 1.96. The van der Waals surface area contributed by atoms with E-state index in [1.54, 1.807) is 0 Å². The Bertz CT molecular complexity index is 3370. The number of nitrogens with zero attached hydrogens (tertiary/aromatic N) is 2. The van der Waals surface area contributed by atoms with Gasteiger partial charge in [0, 0.05) is 66.5 Å². The van der Waals surface area contributed by atoms with Crippen molar-refractivity contribution in [2.24, 2.45) is 0 Å². The van der Waals surface area contributed by atoms with E-state index in [0.29, 0.717) is 0 Å². The van der Waals surface area contributed by atoms with Gasteiger partial charge in [0.25, 0.3) is 0 Å². The minimum absolute atomic E-state index is 0.904. The van der Waals surface area contributed by atoms with Crippen LogP contribution in [-0.4, -0.2) is 4.98 Å². The largest absolute Gasteiger partial charge is 0.455 e. The van der Waals surface area contributed by atoms with Gasteiger partial charge in [-0.05, 0) is 112 Å². The molecule has 12 rings (SSSR count). The summed E-state index contributed by atoms with van der Waals surface area (Å²) in [5, 5.41) is 10.1. The third-order valence-electron chi connectivity index (χ3n) is 11.5. The van der Waals surface area contributed by atoms with Crippen LogP contribution in [0.1, 0.15) is 0 Å². The van der Waals surface area contributed by atoms with Crippen LogP contribution in [0, 0.1) is 0 Å². The molecule has 9 aromatic carbocycles. The first-order valence-corrected chi connectivity index (χ1v) is 19.3. The first-order chi connectivity index (χ1) is 28.2. The number of aromatic nitrogens is 1. The van der Waals surface area contributed by atoms with Crippen molar-refractivity contribution < 1.29 is 8.83 Å². The molecule has 0 saturated heterocycles. The van der Waals surface area contributed by atoms with Gasteiger partial charge >= 0.3 is 0 Å². The second-order valence-electron chi connectivity index (χ2n) is 14.8. The van der Waals surface area contributed by atoms with E-state index < -0.39 is 0 Å². The highest BCUT2D eigenvalue weighted by Crippen LogP contribution is 2.42. The van der Waals surface area contributed by atoms with Gasteiger partial charge in [0.15, 0.2) is 0 Å². The lowest BCUT2D eigenvalue weighted by atomic mass is 9.99. The molecular weight excluding hydrogens is 697 g/mol. The zero-order valence-electron chi connectivity index (χ0n) is 30.7. The van der Waals surface area contributed by atoms with Crippen LogP contribution >= 0.6 is 0 Å². The number of furan rings is 2. The second kappa shape index (κ2) is 12.4. The molecule has 0 radical (unpaired) electrons. The molecule has 0 spiro atoms. The monoisotopic (exact) mass is 728 g/mol. The van der Waals surface area contributed by atoms with E-state index in [1.807, 2.05) is 42.6 Å². The smallest absolute Gasteiger partial charge is 0.143 e. The highest BCUT2D eigenvalue weighted by atomic mass is 16.3. The van der Waals surface area contributed by atoms with Gasteiger partial charge in [-0.15, -0.1) is 0 Å². The minimum atomic E-state index is 0.904. The van der Waals surface area contributed by atoms with E-state index in [-0.39, 0.29) is 0 Å². The summed E-state index contributed by atoms with van der Waals surface area (Å²) in [6.45, 7) is 0.